The molecule has 1 fully saturated rings. The van der Waals surface area contributed by atoms with Gasteiger partial charge in [-0.2, -0.15) is 0 Å². The summed E-state index contributed by atoms with van der Waals surface area (Å²) in [5, 5.41) is 8.98. The van der Waals surface area contributed by atoms with Crippen molar-refractivity contribution in [3.8, 4) is 11.1 Å². The molecule has 0 unspecified atom stereocenters. The van der Waals surface area contributed by atoms with Crippen LogP contribution in [0.3, 0.4) is 0 Å². The lowest BCUT2D eigenvalue weighted by molar-refractivity contribution is 0.0889. The van der Waals surface area contributed by atoms with Crippen LogP contribution in [-0.4, -0.2) is 61.3 Å². The SMILES string of the molecule is CN1CCN(Cc2cccnc2)C[C@@H]1c1nnn2cc(-c3ccncc3)ccc12. The van der Waals surface area contributed by atoms with Crippen molar-refractivity contribution in [1.29, 1.82) is 0 Å². The number of hydrogen-bond acceptors (Lipinski definition) is 6. The van der Waals surface area contributed by atoms with Crippen LogP contribution in [0, 0.1) is 0 Å². The standard InChI is InChI=1S/C22H23N7/c1-27-11-12-28(14-17-3-2-8-24-13-17)16-21(27)22-20-5-4-19(15-29(20)26-25-22)18-6-9-23-10-7-18/h2-10,13,15,21H,11-12,14,16H2,1H3/t21-/m1/s1. The lowest BCUT2D eigenvalue weighted by Crippen LogP contribution is -2.46. The van der Waals surface area contributed by atoms with Gasteiger partial charge in [0.1, 0.15) is 5.69 Å². The van der Waals surface area contributed by atoms with Gasteiger partial charge in [-0.05, 0) is 42.4 Å². The molecule has 5 heterocycles. The molecule has 1 atom stereocenters. The normalized spacial score (nSPS) is 18.3. The first-order valence-corrected chi connectivity index (χ1v) is 9.85. The van der Waals surface area contributed by atoms with Crippen molar-refractivity contribution in [3.63, 3.8) is 0 Å². The molecule has 0 bridgehead atoms. The van der Waals surface area contributed by atoms with Gasteiger partial charge in [0.25, 0.3) is 0 Å². The Labute approximate surface area is 169 Å². The molecule has 5 rings (SSSR count). The largest absolute Gasteiger partial charge is 0.296 e. The van der Waals surface area contributed by atoms with Crippen molar-refractivity contribution in [3.05, 3.63) is 78.6 Å². The third kappa shape index (κ3) is 3.62. The van der Waals surface area contributed by atoms with Crippen molar-refractivity contribution >= 4 is 5.52 Å². The van der Waals surface area contributed by atoms with Crippen LogP contribution in [0.2, 0.25) is 0 Å². The third-order valence-electron chi connectivity index (χ3n) is 5.63. The maximum Gasteiger partial charge on any atom is 0.109 e. The Hall–Kier alpha value is -3.16. The highest BCUT2D eigenvalue weighted by Gasteiger charge is 2.29. The first kappa shape index (κ1) is 17.9. The Balaban J connectivity index is 1.41. The van der Waals surface area contributed by atoms with Crippen LogP contribution < -0.4 is 0 Å². The Morgan fingerprint density at radius 1 is 0.966 bits per heavy atom. The predicted octanol–water partition coefficient (Wildman–Crippen LogP) is 2.68. The van der Waals surface area contributed by atoms with E-state index in [1.165, 1.54) is 5.56 Å². The topological polar surface area (TPSA) is 62.5 Å². The number of rotatable bonds is 4. The molecule has 146 valence electrons. The van der Waals surface area contributed by atoms with Crippen molar-refractivity contribution in [2.24, 2.45) is 0 Å². The summed E-state index contributed by atoms with van der Waals surface area (Å²) in [5.74, 6) is 0. The molecule has 0 aromatic carbocycles. The van der Waals surface area contributed by atoms with Gasteiger partial charge in [0, 0.05) is 62.7 Å². The Kier molecular flexibility index (Phi) is 4.75. The second kappa shape index (κ2) is 7.69. The molecule has 4 aromatic heterocycles. The van der Waals surface area contributed by atoms with Crippen LogP contribution in [0.1, 0.15) is 17.3 Å². The van der Waals surface area contributed by atoms with Crippen LogP contribution in [0.4, 0.5) is 0 Å². The number of pyridine rings is 3. The van der Waals surface area contributed by atoms with Crippen LogP contribution >= 0.6 is 0 Å². The zero-order valence-corrected chi connectivity index (χ0v) is 16.4. The average molecular weight is 385 g/mol. The van der Waals surface area contributed by atoms with Crippen molar-refractivity contribution < 1.29 is 0 Å². The second-order valence-electron chi connectivity index (χ2n) is 7.55. The summed E-state index contributed by atoms with van der Waals surface area (Å²) in [7, 11) is 2.17. The minimum atomic E-state index is 0.213. The summed E-state index contributed by atoms with van der Waals surface area (Å²) in [6, 6.07) is 12.6. The molecule has 29 heavy (non-hydrogen) atoms. The molecule has 1 aliphatic heterocycles. The van der Waals surface area contributed by atoms with Crippen molar-refractivity contribution in [2.75, 3.05) is 26.7 Å². The van der Waals surface area contributed by atoms with Crippen LogP contribution in [0.15, 0.2) is 67.4 Å². The molecule has 1 aliphatic rings. The van der Waals surface area contributed by atoms with E-state index in [0.717, 1.165) is 48.5 Å². The van der Waals surface area contributed by atoms with Crippen LogP contribution in [0.5, 0.6) is 0 Å². The summed E-state index contributed by atoms with van der Waals surface area (Å²) >= 11 is 0. The highest BCUT2D eigenvalue weighted by atomic mass is 15.4. The predicted molar refractivity (Wildman–Crippen MR) is 111 cm³/mol. The van der Waals surface area contributed by atoms with Crippen LogP contribution in [-0.2, 0) is 6.54 Å². The average Bonchev–Trinajstić information content (AvgIpc) is 3.19. The molecule has 7 nitrogen and oxygen atoms in total. The second-order valence-corrected chi connectivity index (χ2v) is 7.55. The smallest absolute Gasteiger partial charge is 0.109 e. The molecule has 0 spiro atoms. The summed E-state index contributed by atoms with van der Waals surface area (Å²) in [6.07, 6.45) is 9.42. The zero-order chi connectivity index (χ0) is 19.6. The van der Waals surface area contributed by atoms with Gasteiger partial charge in [-0.3, -0.25) is 19.8 Å². The quantitative estimate of drug-likeness (QED) is 0.538. The minimum Gasteiger partial charge on any atom is -0.296 e. The third-order valence-corrected chi connectivity index (χ3v) is 5.63. The number of likely N-dealkylation sites (N-methyl/N-ethyl adjacent to an activating group) is 1. The van der Waals surface area contributed by atoms with Gasteiger partial charge in [0.15, 0.2) is 0 Å². The fourth-order valence-electron chi connectivity index (χ4n) is 3.99. The van der Waals surface area contributed by atoms with E-state index in [4.69, 9.17) is 0 Å². The van der Waals surface area contributed by atoms with Gasteiger partial charge < -0.3 is 0 Å². The summed E-state index contributed by atoms with van der Waals surface area (Å²) in [4.78, 5) is 13.2. The summed E-state index contributed by atoms with van der Waals surface area (Å²) in [5.41, 5.74) is 5.56. The molecular formula is C22H23N7. The van der Waals surface area contributed by atoms with E-state index in [2.05, 4.69) is 55.3 Å². The Bertz CT molecular complexity index is 1090. The number of hydrogen-bond donors (Lipinski definition) is 0. The highest BCUT2D eigenvalue weighted by Crippen LogP contribution is 2.28. The molecular weight excluding hydrogens is 362 g/mol. The molecule has 0 aliphatic carbocycles. The van der Waals surface area contributed by atoms with E-state index in [0.29, 0.717) is 0 Å². The molecule has 0 N–H and O–H groups in total. The number of piperazine rings is 1. The van der Waals surface area contributed by atoms with Gasteiger partial charge >= 0.3 is 0 Å². The Morgan fingerprint density at radius 3 is 2.69 bits per heavy atom. The van der Waals surface area contributed by atoms with Gasteiger partial charge in [-0.15, -0.1) is 5.10 Å². The minimum absolute atomic E-state index is 0.213. The molecule has 1 saturated heterocycles. The first-order chi connectivity index (χ1) is 14.3. The molecule has 0 radical (unpaired) electrons. The lowest BCUT2D eigenvalue weighted by atomic mass is 10.1. The van der Waals surface area contributed by atoms with E-state index in [1.807, 2.05) is 41.3 Å². The van der Waals surface area contributed by atoms with Crippen molar-refractivity contribution in [1.82, 2.24) is 34.6 Å². The highest BCUT2D eigenvalue weighted by molar-refractivity contribution is 5.65. The fraction of sp³-hybridized carbons (Fsp3) is 0.273. The van der Waals surface area contributed by atoms with Gasteiger partial charge in [0.05, 0.1) is 11.6 Å². The summed E-state index contributed by atoms with van der Waals surface area (Å²) < 4.78 is 1.89. The van der Waals surface area contributed by atoms with Gasteiger partial charge in [-0.1, -0.05) is 17.3 Å². The van der Waals surface area contributed by atoms with Crippen LogP contribution in [0.25, 0.3) is 16.6 Å². The van der Waals surface area contributed by atoms with Gasteiger partial charge in [-0.25, -0.2) is 4.52 Å². The molecule has 0 amide bonds. The molecule has 4 aromatic rings. The zero-order valence-electron chi connectivity index (χ0n) is 16.4. The number of aromatic nitrogens is 5. The summed E-state index contributed by atoms with van der Waals surface area (Å²) in [6.45, 7) is 3.86. The monoisotopic (exact) mass is 385 g/mol. The number of nitrogens with zero attached hydrogens (tertiary/aromatic N) is 7. The lowest BCUT2D eigenvalue weighted by Gasteiger charge is -2.38. The fourth-order valence-corrected chi connectivity index (χ4v) is 3.99. The molecule has 7 heteroatoms. The maximum atomic E-state index is 4.57. The molecule has 0 saturated carbocycles. The van der Waals surface area contributed by atoms with E-state index in [1.54, 1.807) is 12.4 Å². The van der Waals surface area contributed by atoms with E-state index in [9.17, 15) is 0 Å². The van der Waals surface area contributed by atoms with Gasteiger partial charge in [0.2, 0.25) is 0 Å². The maximum absolute atomic E-state index is 4.57. The Morgan fingerprint density at radius 2 is 1.86 bits per heavy atom. The van der Waals surface area contributed by atoms with Crippen molar-refractivity contribution in [2.45, 2.75) is 12.6 Å². The first-order valence-electron chi connectivity index (χ1n) is 9.85. The van der Waals surface area contributed by atoms with E-state index in [-0.39, 0.29) is 6.04 Å². The number of fused-ring (bicyclic) bond motifs is 1. The van der Waals surface area contributed by atoms with E-state index < -0.39 is 0 Å². The van der Waals surface area contributed by atoms with E-state index >= 15 is 0 Å².